The summed E-state index contributed by atoms with van der Waals surface area (Å²) >= 11 is 0. The summed E-state index contributed by atoms with van der Waals surface area (Å²) in [6.07, 6.45) is 7.41. The van der Waals surface area contributed by atoms with Crippen molar-refractivity contribution < 1.29 is 4.79 Å². The normalized spacial score (nSPS) is 36.9. The first-order valence-corrected chi connectivity index (χ1v) is 8.12. The van der Waals surface area contributed by atoms with Crippen LogP contribution in [0, 0.1) is 11.8 Å². The van der Waals surface area contributed by atoms with Crippen LogP contribution in [0.5, 0.6) is 0 Å². The molecule has 1 aliphatic heterocycles. The summed E-state index contributed by atoms with van der Waals surface area (Å²) < 4.78 is 0. The van der Waals surface area contributed by atoms with Crippen molar-refractivity contribution in [2.24, 2.45) is 11.8 Å². The number of carbonyl (C=O) groups excluding carboxylic acids is 1. The molecule has 2 fully saturated rings. The lowest BCUT2D eigenvalue weighted by molar-refractivity contribution is -0.133. The minimum absolute atomic E-state index is 0.0491. The molecule has 4 unspecified atom stereocenters. The number of nitrogens with zero attached hydrogens (tertiary/aromatic N) is 1. The molecule has 3 heteroatoms. The predicted octanol–water partition coefficient (Wildman–Crippen LogP) is 3.15. The number of nitrogens with one attached hydrogen (secondary N) is 1. The number of carbonyl (C=O) groups is 1. The van der Waals surface area contributed by atoms with Gasteiger partial charge in [0.2, 0.25) is 5.91 Å². The molecule has 0 spiro atoms. The Kier molecular flexibility index (Phi) is 4.88. The summed E-state index contributed by atoms with van der Waals surface area (Å²) in [5, 5.41) is 3.55. The number of hydrogen-bond donors (Lipinski definition) is 1. The monoisotopic (exact) mass is 266 g/mol. The SMILES string of the molecule is CCC1NC(C(C)C)N(C2CCCC(C)CC2)C1=O. The topological polar surface area (TPSA) is 32.3 Å². The van der Waals surface area contributed by atoms with Crippen LogP contribution < -0.4 is 5.32 Å². The van der Waals surface area contributed by atoms with Crippen molar-refractivity contribution in [1.82, 2.24) is 10.2 Å². The fraction of sp³-hybridized carbons (Fsp3) is 0.938. The molecule has 0 aromatic heterocycles. The van der Waals surface area contributed by atoms with E-state index in [-0.39, 0.29) is 12.2 Å². The minimum atomic E-state index is 0.0491. The van der Waals surface area contributed by atoms with Crippen LogP contribution in [0.25, 0.3) is 0 Å². The maximum absolute atomic E-state index is 12.6. The van der Waals surface area contributed by atoms with Crippen LogP contribution in [0.2, 0.25) is 0 Å². The van der Waals surface area contributed by atoms with Gasteiger partial charge < -0.3 is 4.90 Å². The summed E-state index contributed by atoms with van der Waals surface area (Å²) in [5.74, 6) is 1.66. The van der Waals surface area contributed by atoms with Gasteiger partial charge in [-0.1, -0.05) is 40.5 Å². The minimum Gasteiger partial charge on any atom is -0.323 e. The summed E-state index contributed by atoms with van der Waals surface area (Å²) in [6, 6.07) is 0.516. The van der Waals surface area contributed by atoms with Crippen molar-refractivity contribution in [1.29, 1.82) is 0 Å². The van der Waals surface area contributed by atoms with Gasteiger partial charge >= 0.3 is 0 Å². The second-order valence-electron chi connectivity index (χ2n) is 6.83. The summed E-state index contributed by atoms with van der Waals surface area (Å²) in [4.78, 5) is 14.8. The molecule has 3 nitrogen and oxygen atoms in total. The first-order valence-electron chi connectivity index (χ1n) is 8.12. The van der Waals surface area contributed by atoms with E-state index in [4.69, 9.17) is 0 Å². The fourth-order valence-corrected chi connectivity index (χ4v) is 3.63. The number of rotatable bonds is 3. The molecule has 0 bridgehead atoms. The molecule has 0 aromatic carbocycles. The van der Waals surface area contributed by atoms with Gasteiger partial charge in [0, 0.05) is 6.04 Å². The highest BCUT2D eigenvalue weighted by Crippen LogP contribution is 2.31. The van der Waals surface area contributed by atoms with Crippen molar-refractivity contribution in [2.75, 3.05) is 0 Å². The Hall–Kier alpha value is -0.570. The molecule has 0 aromatic rings. The van der Waals surface area contributed by atoms with E-state index in [1.54, 1.807) is 0 Å². The smallest absolute Gasteiger partial charge is 0.241 e. The summed E-state index contributed by atoms with van der Waals surface area (Å²) in [6.45, 7) is 8.89. The molecular formula is C16H30N2O. The van der Waals surface area contributed by atoms with Crippen LogP contribution in [-0.4, -0.2) is 29.1 Å². The third-order valence-electron chi connectivity index (χ3n) is 4.88. The van der Waals surface area contributed by atoms with Crippen LogP contribution in [0.4, 0.5) is 0 Å². The zero-order valence-electron chi connectivity index (χ0n) is 13.0. The first kappa shape index (κ1) is 14.8. The van der Waals surface area contributed by atoms with Crippen LogP contribution in [0.3, 0.4) is 0 Å². The Morgan fingerprint density at radius 3 is 2.63 bits per heavy atom. The highest BCUT2D eigenvalue weighted by atomic mass is 16.2. The standard InChI is InChI=1S/C16H30N2O/c1-5-14-16(19)18(15(17-14)11(2)3)13-8-6-7-12(4)9-10-13/h11-15,17H,5-10H2,1-4H3. The second kappa shape index (κ2) is 6.25. The molecule has 0 radical (unpaired) electrons. The second-order valence-corrected chi connectivity index (χ2v) is 6.83. The molecule has 1 saturated carbocycles. The molecule has 1 N–H and O–H groups in total. The molecular weight excluding hydrogens is 236 g/mol. The maximum Gasteiger partial charge on any atom is 0.241 e. The van der Waals surface area contributed by atoms with E-state index in [2.05, 4.69) is 37.9 Å². The van der Waals surface area contributed by atoms with Crippen LogP contribution in [0.15, 0.2) is 0 Å². The van der Waals surface area contributed by atoms with Crippen LogP contribution in [0.1, 0.15) is 66.2 Å². The average Bonchev–Trinajstić information content (AvgIpc) is 2.55. The first-order chi connectivity index (χ1) is 9.04. The lowest BCUT2D eigenvalue weighted by atomic mass is 10.0. The predicted molar refractivity (Wildman–Crippen MR) is 78.7 cm³/mol. The van der Waals surface area contributed by atoms with Gasteiger partial charge in [-0.2, -0.15) is 0 Å². The third-order valence-corrected chi connectivity index (χ3v) is 4.88. The van der Waals surface area contributed by atoms with Crippen molar-refractivity contribution in [2.45, 2.75) is 84.5 Å². The summed E-state index contributed by atoms with van der Waals surface area (Å²) in [5.41, 5.74) is 0. The Labute approximate surface area is 118 Å². The quantitative estimate of drug-likeness (QED) is 0.796. The van der Waals surface area contributed by atoms with Gasteiger partial charge in [0.05, 0.1) is 12.2 Å². The largest absolute Gasteiger partial charge is 0.323 e. The lowest BCUT2D eigenvalue weighted by Gasteiger charge is -2.34. The average molecular weight is 266 g/mol. The van der Waals surface area contributed by atoms with Gasteiger partial charge in [-0.3, -0.25) is 10.1 Å². The Bertz CT molecular complexity index is 316. The third kappa shape index (κ3) is 3.13. The Morgan fingerprint density at radius 2 is 2.00 bits per heavy atom. The fourth-order valence-electron chi connectivity index (χ4n) is 3.63. The molecule has 19 heavy (non-hydrogen) atoms. The molecule has 1 amide bonds. The molecule has 1 heterocycles. The van der Waals surface area contributed by atoms with Crippen molar-refractivity contribution in [3.8, 4) is 0 Å². The van der Waals surface area contributed by atoms with E-state index in [1.165, 1.54) is 32.1 Å². The van der Waals surface area contributed by atoms with Gasteiger partial charge in [-0.05, 0) is 37.5 Å². The molecule has 1 aliphatic carbocycles. The van der Waals surface area contributed by atoms with E-state index >= 15 is 0 Å². The molecule has 4 atom stereocenters. The van der Waals surface area contributed by atoms with E-state index in [0.717, 1.165) is 12.3 Å². The Balaban J connectivity index is 2.12. The van der Waals surface area contributed by atoms with Gasteiger partial charge in [-0.25, -0.2) is 0 Å². The zero-order chi connectivity index (χ0) is 14.0. The van der Waals surface area contributed by atoms with Crippen molar-refractivity contribution >= 4 is 5.91 Å². The highest BCUT2D eigenvalue weighted by molar-refractivity contribution is 5.84. The van der Waals surface area contributed by atoms with Crippen LogP contribution >= 0.6 is 0 Å². The van der Waals surface area contributed by atoms with E-state index in [0.29, 0.717) is 17.9 Å². The lowest BCUT2D eigenvalue weighted by Crippen LogP contribution is -2.47. The molecule has 2 rings (SSSR count). The van der Waals surface area contributed by atoms with Gasteiger partial charge in [0.25, 0.3) is 0 Å². The molecule has 2 aliphatic rings. The Morgan fingerprint density at radius 1 is 1.26 bits per heavy atom. The number of amides is 1. The zero-order valence-corrected chi connectivity index (χ0v) is 13.0. The van der Waals surface area contributed by atoms with Crippen LogP contribution in [-0.2, 0) is 4.79 Å². The van der Waals surface area contributed by atoms with Gasteiger partial charge in [0.1, 0.15) is 0 Å². The van der Waals surface area contributed by atoms with Gasteiger partial charge in [0.15, 0.2) is 0 Å². The van der Waals surface area contributed by atoms with Crippen molar-refractivity contribution in [3.05, 3.63) is 0 Å². The maximum atomic E-state index is 12.6. The van der Waals surface area contributed by atoms with Crippen molar-refractivity contribution in [3.63, 3.8) is 0 Å². The van der Waals surface area contributed by atoms with E-state index < -0.39 is 0 Å². The number of hydrogen-bond acceptors (Lipinski definition) is 2. The van der Waals surface area contributed by atoms with Gasteiger partial charge in [-0.15, -0.1) is 0 Å². The molecule has 1 saturated heterocycles. The highest BCUT2D eigenvalue weighted by Gasteiger charge is 2.42. The summed E-state index contributed by atoms with van der Waals surface area (Å²) in [7, 11) is 0. The van der Waals surface area contributed by atoms with E-state index in [9.17, 15) is 4.79 Å². The molecule has 110 valence electrons. The van der Waals surface area contributed by atoms with E-state index in [1.807, 2.05) is 0 Å².